The summed E-state index contributed by atoms with van der Waals surface area (Å²) in [5.74, 6) is 1.31. The van der Waals surface area contributed by atoms with Gasteiger partial charge in [-0.05, 0) is 43.9 Å². The first kappa shape index (κ1) is 10.4. The van der Waals surface area contributed by atoms with Crippen LogP contribution in [0.3, 0.4) is 0 Å². The molecule has 2 unspecified atom stereocenters. The highest BCUT2D eigenvalue weighted by Gasteiger charge is 2.36. The molecule has 1 heterocycles. The summed E-state index contributed by atoms with van der Waals surface area (Å²) in [6.45, 7) is 0. The molecule has 2 fully saturated rings. The van der Waals surface area contributed by atoms with E-state index in [-0.39, 0.29) is 17.8 Å². The van der Waals surface area contributed by atoms with Crippen molar-refractivity contribution in [3.05, 3.63) is 0 Å². The lowest BCUT2D eigenvalue weighted by Gasteiger charge is -2.20. The molecular weight excluding hydrogens is 200 g/mol. The zero-order chi connectivity index (χ0) is 10.2. The molecule has 0 radical (unpaired) electrons. The van der Waals surface area contributed by atoms with Crippen LogP contribution in [0.15, 0.2) is 0 Å². The molecular formula is C10H18O3S. The second kappa shape index (κ2) is 3.81. The first-order valence-electron chi connectivity index (χ1n) is 5.47. The molecule has 0 spiro atoms. The van der Waals surface area contributed by atoms with Gasteiger partial charge in [0.1, 0.15) is 9.84 Å². The predicted octanol–water partition coefficient (Wildman–Crippen LogP) is 0.972. The van der Waals surface area contributed by atoms with E-state index in [1.54, 1.807) is 0 Å². The van der Waals surface area contributed by atoms with Gasteiger partial charge in [-0.3, -0.25) is 0 Å². The molecule has 4 heteroatoms. The van der Waals surface area contributed by atoms with Gasteiger partial charge in [-0.1, -0.05) is 0 Å². The van der Waals surface area contributed by atoms with Crippen LogP contribution in [0.2, 0.25) is 0 Å². The topological polar surface area (TPSA) is 54.4 Å². The zero-order valence-corrected chi connectivity index (χ0v) is 9.17. The summed E-state index contributed by atoms with van der Waals surface area (Å²) >= 11 is 0. The molecule has 2 rings (SSSR count). The van der Waals surface area contributed by atoms with E-state index < -0.39 is 9.84 Å². The maximum Gasteiger partial charge on any atom is 0.150 e. The van der Waals surface area contributed by atoms with E-state index in [1.165, 1.54) is 0 Å². The van der Waals surface area contributed by atoms with Gasteiger partial charge in [-0.25, -0.2) is 8.42 Å². The van der Waals surface area contributed by atoms with Crippen molar-refractivity contribution in [3.8, 4) is 0 Å². The lowest BCUT2D eigenvalue weighted by atomic mass is 9.91. The van der Waals surface area contributed by atoms with Crippen molar-refractivity contribution in [3.63, 3.8) is 0 Å². The average molecular weight is 218 g/mol. The zero-order valence-electron chi connectivity index (χ0n) is 8.35. The fourth-order valence-corrected chi connectivity index (χ4v) is 3.78. The number of hydrogen-bond donors (Lipinski definition) is 1. The highest BCUT2D eigenvalue weighted by molar-refractivity contribution is 7.91. The molecule has 0 aromatic carbocycles. The van der Waals surface area contributed by atoms with Crippen molar-refractivity contribution in [1.82, 2.24) is 0 Å². The van der Waals surface area contributed by atoms with Gasteiger partial charge in [-0.15, -0.1) is 0 Å². The summed E-state index contributed by atoms with van der Waals surface area (Å²) in [5, 5.41) is 9.91. The minimum absolute atomic E-state index is 0.233. The molecule has 1 aliphatic carbocycles. The van der Waals surface area contributed by atoms with Crippen molar-refractivity contribution in [2.45, 2.75) is 38.2 Å². The smallest absolute Gasteiger partial charge is 0.150 e. The van der Waals surface area contributed by atoms with Gasteiger partial charge < -0.3 is 5.11 Å². The Morgan fingerprint density at radius 2 is 1.64 bits per heavy atom. The average Bonchev–Trinajstić information content (AvgIpc) is 2.90. The van der Waals surface area contributed by atoms with Crippen LogP contribution in [-0.2, 0) is 9.84 Å². The van der Waals surface area contributed by atoms with Gasteiger partial charge in [0.05, 0.1) is 17.6 Å². The SMILES string of the molecule is O=S1(=O)CCCC(C(O)C2CC2)CC1. The highest BCUT2D eigenvalue weighted by Crippen LogP contribution is 2.38. The summed E-state index contributed by atoms with van der Waals surface area (Å²) in [5.41, 5.74) is 0. The number of rotatable bonds is 2. The molecule has 0 aromatic heterocycles. The van der Waals surface area contributed by atoms with Crippen molar-refractivity contribution >= 4 is 9.84 Å². The number of aliphatic hydroxyl groups is 1. The Morgan fingerprint density at radius 1 is 1.00 bits per heavy atom. The van der Waals surface area contributed by atoms with Gasteiger partial charge in [0.15, 0.2) is 0 Å². The third-order valence-corrected chi connectivity index (χ3v) is 5.19. The Labute approximate surface area is 85.4 Å². The van der Waals surface area contributed by atoms with Crippen LogP contribution in [-0.4, -0.2) is 31.1 Å². The van der Waals surface area contributed by atoms with E-state index in [1.807, 2.05) is 0 Å². The monoisotopic (exact) mass is 218 g/mol. The second-order valence-electron chi connectivity index (χ2n) is 4.67. The largest absolute Gasteiger partial charge is 0.393 e. The molecule has 82 valence electrons. The molecule has 1 aliphatic heterocycles. The van der Waals surface area contributed by atoms with Gasteiger partial charge >= 0.3 is 0 Å². The summed E-state index contributed by atoms with van der Waals surface area (Å²) in [4.78, 5) is 0. The van der Waals surface area contributed by atoms with Gasteiger partial charge in [0.25, 0.3) is 0 Å². The van der Waals surface area contributed by atoms with E-state index in [2.05, 4.69) is 0 Å². The van der Waals surface area contributed by atoms with Crippen molar-refractivity contribution in [2.75, 3.05) is 11.5 Å². The van der Waals surface area contributed by atoms with Gasteiger partial charge in [-0.2, -0.15) is 0 Å². The lowest BCUT2D eigenvalue weighted by molar-refractivity contribution is 0.0805. The quantitative estimate of drug-likeness (QED) is 0.751. The van der Waals surface area contributed by atoms with E-state index >= 15 is 0 Å². The minimum atomic E-state index is -2.80. The van der Waals surface area contributed by atoms with Crippen molar-refractivity contribution in [2.24, 2.45) is 11.8 Å². The highest BCUT2D eigenvalue weighted by atomic mass is 32.2. The third-order valence-electron chi connectivity index (χ3n) is 3.42. The Hall–Kier alpha value is -0.0900. The molecule has 14 heavy (non-hydrogen) atoms. The van der Waals surface area contributed by atoms with Gasteiger partial charge in [0, 0.05) is 0 Å². The van der Waals surface area contributed by atoms with E-state index in [0.717, 1.165) is 25.7 Å². The van der Waals surface area contributed by atoms with Gasteiger partial charge in [0.2, 0.25) is 0 Å². The molecule has 2 atom stereocenters. The molecule has 3 nitrogen and oxygen atoms in total. The fourth-order valence-electron chi connectivity index (χ4n) is 2.31. The predicted molar refractivity (Wildman–Crippen MR) is 54.7 cm³/mol. The Bertz CT molecular complexity index is 292. The number of hydrogen-bond acceptors (Lipinski definition) is 3. The van der Waals surface area contributed by atoms with Crippen LogP contribution < -0.4 is 0 Å². The third kappa shape index (κ3) is 2.48. The fraction of sp³-hybridized carbons (Fsp3) is 1.00. The summed E-state index contributed by atoms with van der Waals surface area (Å²) < 4.78 is 22.7. The Morgan fingerprint density at radius 3 is 2.29 bits per heavy atom. The normalized spacial score (nSPS) is 34.8. The number of aliphatic hydroxyl groups excluding tert-OH is 1. The van der Waals surface area contributed by atoms with Crippen LogP contribution in [0.25, 0.3) is 0 Å². The maximum atomic E-state index is 11.3. The molecule has 1 N–H and O–H groups in total. The minimum Gasteiger partial charge on any atom is -0.393 e. The number of sulfone groups is 1. The van der Waals surface area contributed by atoms with Crippen molar-refractivity contribution < 1.29 is 13.5 Å². The summed E-state index contributed by atoms with van der Waals surface area (Å²) in [6.07, 6.45) is 4.31. The van der Waals surface area contributed by atoms with Crippen LogP contribution in [0.5, 0.6) is 0 Å². The molecule has 1 saturated heterocycles. The van der Waals surface area contributed by atoms with Crippen LogP contribution in [0, 0.1) is 11.8 Å². The first-order valence-corrected chi connectivity index (χ1v) is 7.29. The molecule has 1 saturated carbocycles. The standard InChI is InChI=1S/C10H18O3S/c11-10(9-3-4-9)8-2-1-6-14(12,13)7-5-8/h8-11H,1-7H2. The summed E-state index contributed by atoms with van der Waals surface area (Å²) in [7, 11) is -2.80. The molecule has 0 aromatic rings. The molecule has 0 amide bonds. The van der Waals surface area contributed by atoms with E-state index in [0.29, 0.717) is 18.1 Å². The van der Waals surface area contributed by atoms with Crippen molar-refractivity contribution in [1.29, 1.82) is 0 Å². The lowest BCUT2D eigenvalue weighted by Crippen LogP contribution is -2.23. The second-order valence-corrected chi connectivity index (χ2v) is 6.97. The van der Waals surface area contributed by atoms with Crippen LogP contribution >= 0.6 is 0 Å². The Kier molecular flexibility index (Phi) is 2.84. The van der Waals surface area contributed by atoms with Crippen LogP contribution in [0.4, 0.5) is 0 Å². The Balaban J connectivity index is 1.94. The molecule has 2 aliphatic rings. The molecule has 0 bridgehead atoms. The summed E-state index contributed by atoms with van der Waals surface area (Å²) in [6, 6.07) is 0. The first-order chi connectivity index (χ1) is 6.58. The van der Waals surface area contributed by atoms with Crippen LogP contribution in [0.1, 0.15) is 32.1 Å². The maximum absolute atomic E-state index is 11.3. The van der Waals surface area contributed by atoms with E-state index in [4.69, 9.17) is 0 Å². The van der Waals surface area contributed by atoms with E-state index in [9.17, 15) is 13.5 Å².